The van der Waals surface area contributed by atoms with Crippen LogP contribution in [0.25, 0.3) is 0 Å². The Hall–Kier alpha value is -1.46. The minimum absolute atomic E-state index is 0.697. The van der Waals surface area contributed by atoms with Gasteiger partial charge >= 0.3 is 0 Å². The third kappa shape index (κ3) is 3.29. The molecule has 86 valence electrons. The minimum atomic E-state index is 0.697. The van der Waals surface area contributed by atoms with Gasteiger partial charge in [0, 0.05) is 12.2 Å². The van der Waals surface area contributed by atoms with Crippen LogP contribution in [-0.4, -0.2) is 18.0 Å². The lowest BCUT2D eigenvalue weighted by Gasteiger charge is -2.20. The zero-order chi connectivity index (χ0) is 12.0. The fourth-order valence-electron chi connectivity index (χ4n) is 1.77. The van der Waals surface area contributed by atoms with E-state index in [0.717, 1.165) is 25.2 Å². The predicted octanol–water partition coefficient (Wildman–Crippen LogP) is 2.42. The van der Waals surface area contributed by atoms with Crippen LogP contribution in [0.1, 0.15) is 24.5 Å². The van der Waals surface area contributed by atoms with Crippen LogP contribution in [0.5, 0.6) is 0 Å². The normalized spacial score (nSPS) is 10.4. The van der Waals surface area contributed by atoms with Gasteiger partial charge in [-0.25, -0.2) is 0 Å². The molecule has 0 aliphatic heterocycles. The predicted molar refractivity (Wildman–Crippen MR) is 70.0 cm³/mol. The summed E-state index contributed by atoms with van der Waals surface area (Å²) in [5.74, 6) is 2.70. The minimum Gasteiger partial charge on any atom is -0.399 e. The maximum atomic E-state index is 5.89. The van der Waals surface area contributed by atoms with Crippen molar-refractivity contribution >= 4 is 5.69 Å². The van der Waals surface area contributed by atoms with Crippen LogP contribution in [0, 0.1) is 19.3 Å². The summed E-state index contributed by atoms with van der Waals surface area (Å²) >= 11 is 0. The van der Waals surface area contributed by atoms with E-state index in [9.17, 15) is 0 Å². The summed E-state index contributed by atoms with van der Waals surface area (Å²) in [5, 5.41) is 0. The van der Waals surface area contributed by atoms with E-state index in [1.54, 1.807) is 0 Å². The molecule has 0 atom stereocenters. The van der Waals surface area contributed by atoms with Crippen molar-refractivity contribution < 1.29 is 0 Å². The molecule has 0 heterocycles. The summed E-state index contributed by atoms with van der Waals surface area (Å²) in [7, 11) is 0. The molecule has 0 fully saturated rings. The van der Waals surface area contributed by atoms with Crippen LogP contribution in [0.3, 0.4) is 0 Å². The average molecular weight is 216 g/mol. The fraction of sp³-hybridized carbons (Fsp3) is 0.429. The molecule has 0 bridgehead atoms. The molecule has 0 amide bonds. The van der Waals surface area contributed by atoms with Gasteiger partial charge in [-0.3, -0.25) is 4.90 Å². The van der Waals surface area contributed by atoms with Crippen LogP contribution < -0.4 is 5.73 Å². The highest BCUT2D eigenvalue weighted by atomic mass is 15.1. The first-order chi connectivity index (χ1) is 7.69. The van der Waals surface area contributed by atoms with Gasteiger partial charge in [-0.15, -0.1) is 6.42 Å². The van der Waals surface area contributed by atoms with Crippen molar-refractivity contribution in [3.63, 3.8) is 0 Å². The van der Waals surface area contributed by atoms with Gasteiger partial charge in [0.2, 0.25) is 0 Å². The average Bonchev–Trinajstić information content (AvgIpc) is 2.25. The highest BCUT2D eigenvalue weighted by Crippen LogP contribution is 2.17. The number of hydrogen-bond acceptors (Lipinski definition) is 2. The largest absolute Gasteiger partial charge is 0.399 e. The molecule has 0 aliphatic rings. The summed E-state index contributed by atoms with van der Waals surface area (Å²) in [6, 6.07) is 6.05. The second-order valence-corrected chi connectivity index (χ2v) is 4.05. The molecule has 0 unspecified atom stereocenters. The number of rotatable bonds is 5. The van der Waals surface area contributed by atoms with Crippen LogP contribution in [0.15, 0.2) is 18.2 Å². The summed E-state index contributed by atoms with van der Waals surface area (Å²) in [5.41, 5.74) is 9.18. The fourth-order valence-corrected chi connectivity index (χ4v) is 1.77. The van der Waals surface area contributed by atoms with E-state index in [1.807, 2.05) is 12.1 Å². The Bertz CT molecular complexity index is 377. The first kappa shape index (κ1) is 12.6. The molecule has 1 rings (SSSR count). The molecule has 0 spiro atoms. The Morgan fingerprint density at radius 3 is 2.81 bits per heavy atom. The summed E-state index contributed by atoms with van der Waals surface area (Å²) < 4.78 is 0. The number of hydrogen-bond donors (Lipinski definition) is 1. The number of terminal acetylenes is 1. The quantitative estimate of drug-likeness (QED) is 0.605. The third-order valence-electron chi connectivity index (χ3n) is 2.74. The SMILES string of the molecule is C#CCN(CCC)Cc1cccc(N)c1C. The number of nitrogens with zero attached hydrogens (tertiary/aromatic N) is 1. The molecule has 0 saturated carbocycles. The van der Waals surface area contributed by atoms with Crippen molar-refractivity contribution in [1.29, 1.82) is 0 Å². The highest BCUT2D eigenvalue weighted by Gasteiger charge is 2.06. The second kappa shape index (κ2) is 6.19. The Morgan fingerprint density at radius 2 is 2.19 bits per heavy atom. The molecule has 0 saturated heterocycles. The zero-order valence-electron chi connectivity index (χ0n) is 10.2. The molecule has 2 N–H and O–H groups in total. The lowest BCUT2D eigenvalue weighted by molar-refractivity contribution is 0.299. The number of nitrogen functional groups attached to an aromatic ring is 1. The van der Waals surface area contributed by atoms with E-state index >= 15 is 0 Å². The molecule has 0 aliphatic carbocycles. The Labute approximate surface area is 98.4 Å². The molecular formula is C14H20N2. The van der Waals surface area contributed by atoms with Gasteiger partial charge in [0.05, 0.1) is 6.54 Å². The number of benzene rings is 1. The Morgan fingerprint density at radius 1 is 1.44 bits per heavy atom. The zero-order valence-corrected chi connectivity index (χ0v) is 10.2. The van der Waals surface area contributed by atoms with E-state index in [4.69, 9.17) is 12.2 Å². The molecule has 1 aromatic carbocycles. The molecule has 2 nitrogen and oxygen atoms in total. The van der Waals surface area contributed by atoms with Crippen LogP contribution in [-0.2, 0) is 6.54 Å². The molecule has 16 heavy (non-hydrogen) atoms. The second-order valence-electron chi connectivity index (χ2n) is 4.05. The van der Waals surface area contributed by atoms with E-state index in [1.165, 1.54) is 11.1 Å². The van der Waals surface area contributed by atoms with Crippen molar-refractivity contribution in [1.82, 2.24) is 4.90 Å². The van der Waals surface area contributed by atoms with E-state index in [0.29, 0.717) is 6.54 Å². The van der Waals surface area contributed by atoms with Crippen molar-refractivity contribution in [2.75, 3.05) is 18.8 Å². The highest BCUT2D eigenvalue weighted by molar-refractivity contribution is 5.49. The van der Waals surface area contributed by atoms with E-state index < -0.39 is 0 Å². The Kier molecular flexibility index (Phi) is 4.88. The van der Waals surface area contributed by atoms with Crippen LogP contribution >= 0.6 is 0 Å². The number of nitrogens with two attached hydrogens (primary N) is 1. The first-order valence-corrected chi connectivity index (χ1v) is 5.68. The lowest BCUT2D eigenvalue weighted by Crippen LogP contribution is -2.24. The number of anilines is 1. The van der Waals surface area contributed by atoms with Gasteiger partial charge in [-0.05, 0) is 37.1 Å². The summed E-state index contributed by atoms with van der Waals surface area (Å²) in [6.07, 6.45) is 6.48. The van der Waals surface area contributed by atoms with E-state index in [-0.39, 0.29) is 0 Å². The lowest BCUT2D eigenvalue weighted by atomic mass is 10.1. The maximum absolute atomic E-state index is 5.89. The van der Waals surface area contributed by atoms with Crippen molar-refractivity contribution in [2.24, 2.45) is 0 Å². The molecule has 2 heteroatoms. The van der Waals surface area contributed by atoms with Gasteiger partial charge < -0.3 is 5.73 Å². The molecule has 0 radical (unpaired) electrons. The van der Waals surface area contributed by atoms with Gasteiger partial charge in [0.1, 0.15) is 0 Å². The summed E-state index contributed by atoms with van der Waals surface area (Å²) in [6.45, 7) is 6.83. The van der Waals surface area contributed by atoms with Crippen molar-refractivity contribution in [2.45, 2.75) is 26.8 Å². The van der Waals surface area contributed by atoms with Gasteiger partial charge in [0.15, 0.2) is 0 Å². The van der Waals surface area contributed by atoms with Crippen molar-refractivity contribution in [3.05, 3.63) is 29.3 Å². The van der Waals surface area contributed by atoms with Crippen LogP contribution in [0.2, 0.25) is 0 Å². The molecule has 0 aromatic heterocycles. The Balaban J connectivity index is 2.77. The standard InChI is InChI=1S/C14H20N2/c1-4-9-16(10-5-2)11-13-7-6-8-14(15)12(13)3/h1,6-8H,5,9-11,15H2,2-3H3. The van der Waals surface area contributed by atoms with Gasteiger partial charge in [-0.2, -0.15) is 0 Å². The van der Waals surface area contributed by atoms with Gasteiger partial charge in [0.25, 0.3) is 0 Å². The molecular weight excluding hydrogens is 196 g/mol. The maximum Gasteiger partial charge on any atom is 0.0601 e. The first-order valence-electron chi connectivity index (χ1n) is 5.68. The smallest absolute Gasteiger partial charge is 0.0601 e. The third-order valence-corrected chi connectivity index (χ3v) is 2.74. The van der Waals surface area contributed by atoms with Gasteiger partial charge in [-0.1, -0.05) is 25.0 Å². The van der Waals surface area contributed by atoms with Crippen LogP contribution in [0.4, 0.5) is 5.69 Å². The summed E-state index contributed by atoms with van der Waals surface area (Å²) in [4.78, 5) is 2.27. The monoisotopic (exact) mass is 216 g/mol. The molecule has 1 aromatic rings. The van der Waals surface area contributed by atoms with Crippen molar-refractivity contribution in [3.8, 4) is 12.3 Å². The van der Waals surface area contributed by atoms with E-state index in [2.05, 4.69) is 30.7 Å². The topological polar surface area (TPSA) is 29.3 Å².